The number of ether oxygens (including phenoxy) is 1. The van der Waals surface area contributed by atoms with Crippen LogP contribution in [0.25, 0.3) is 6.08 Å². The Morgan fingerprint density at radius 2 is 1.64 bits per heavy atom. The SMILES string of the molecule is O=C1/C(=C\c2cccc(F)c2)C(c2ccccc2)Oc2ccccc21. The van der Waals surface area contributed by atoms with Crippen LogP contribution in [-0.4, -0.2) is 5.78 Å². The first kappa shape index (κ1) is 15.3. The van der Waals surface area contributed by atoms with E-state index in [0.29, 0.717) is 22.4 Å². The van der Waals surface area contributed by atoms with Crippen molar-refractivity contribution in [2.45, 2.75) is 6.10 Å². The molecule has 0 bridgehead atoms. The second-order valence-corrected chi connectivity index (χ2v) is 5.89. The molecular formula is C22H15FO2. The van der Waals surface area contributed by atoms with Gasteiger partial charge in [0.15, 0.2) is 11.9 Å². The second kappa shape index (κ2) is 6.36. The normalized spacial score (nSPS) is 17.9. The second-order valence-electron chi connectivity index (χ2n) is 5.89. The van der Waals surface area contributed by atoms with E-state index in [1.807, 2.05) is 42.5 Å². The largest absolute Gasteiger partial charge is 0.480 e. The Labute approximate surface area is 145 Å². The van der Waals surface area contributed by atoms with Gasteiger partial charge in [-0.1, -0.05) is 54.6 Å². The zero-order valence-electron chi connectivity index (χ0n) is 13.4. The van der Waals surface area contributed by atoms with Crippen LogP contribution in [-0.2, 0) is 0 Å². The molecule has 0 aromatic heterocycles. The fraction of sp³-hybridized carbons (Fsp3) is 0.0455. The number of para-hydroxylation sites is 1. The Balaban J connectivity index is 1.87. The van der Waals surface area contributed by atoms with Crippen LogP contribution in [0.2, 0.25) is 0 Å². The zero-order chi connectivity index (χ0) is 17.2. The first-order chi connectivity index (χ1) is 12.2. The van der Waals surface area contributed by atoms with E-state index < -0.39 is 6.10 Å². The van der Waals surface area contributed by atoms with E-state index in [0.717, 1.165) is 5.56 Å². The van der Waals surface area contributed by atoms with E-state index >= 15 is 0 Å². The highest BCUT2D eigenvalue weighted by Gasteiger charge is 2.32. The molecule has 0 saturated heterocycles. The van der Waals surface area contributed by atoms with Crippen molar-refractivity contribution >= 4 is 11.9 Å². The quantitative estimate of drug-likeness (QED) is 0.602. The summed E-state index contributed by atoms with van der Waals surface area (Å²) in [5, 5.41) is 0. The minimum Gasteiger partial charge on any atom is -0.480 e. The summed E-state index contributed by atoms with van der Waals surface area (Å²) in [6.07, 6.45) is 1.19. The molecule has 0 fully saturated rings. The molecule has 3 heteroatoms. The van der Waals surface area contributed by atoms with Crippen LogP contribution in [0.3, 0.4) is 0 Å². The lowest BCUT2D eigenvalue weighted by Gasteiger charge is -2.28. The summed E-state index contributed by atoms with van der Waals surface area (Å²) in [6.45, 7) is 0. The molecule has 1 aliphatic rings. The van der Waals surface area contributed by atoms with Gasteiger partial charge in [0.05, 0.1) is 5.56 Å². The Bertz CT molecular complexity index is 961. The van der Waals surface area contributed by atoms with Crippen molar-refractivity contribution in [1.29, 1.82) is 0 Å². The molecule has 0 radical (unpaired) electrons. The molecule has 1 aliphatic heterocycles. The maximum absolute atomic E-state index is 13.5. The van der Waals surface area contributed by atoms with Crippen LogP contribution in [0.5, 0.6) is 5.75 Å². The Morgan fingerprint density at radius 3 is 2.44 bits per heavy atom. The summed E-state index contributed by atoms with van der Waals surface area (Å²) in [7, 11) is 0. The van der Waals surface area contributed by atoms with Gasteiger partial charge in [0.2, 0.25) is 0 Å². The third-order valence-electron chi connectivity index (χ3n) is 4.19. The van der Waals surface area contributed by atoms with E-state index in [1.54, 1.807) is 30.3 Å². The lowest BCUT2D eigenvalue weighted by molar-refractivity contribution is 0.0963. The summed E-state index contributed by atoms with van der Waals surface area (Å²) < 4.78 is 19.7. The monoisotopic (exact) mass is 330 g/mol. The van der Waals surface area contributed by atoms with E-state index in [9.17, 15) is 9.18 Å². The van der Waals surface area contributed by atoms with E-state index in [1.165, 1.54) is 12.1 Å². The number of hydrogen-bond donors (Lipinski definition) is 0. The van der Waals surface area contributed by atoms with Crippen molar-refractivity contribution in [3.8, 4) is 5.75 Å². The third kappa shape index (κ3) is 2.96. The predicted octanol–water partition coefficient (Wildman–Crippen LogP) is 5.23. The molecule has 0 N–H and O–H groups in total. The highest BCUT2D eigenvalue weighted by molar-refractivity contribution is 6.14. The topological polar surface area (TPSA) is 26.3 Å². The van der Waals surface area contributed by atoms with Gasteiger partial charge in [-0.05, 0) is 41.5 Å². The van der Waals surface area contributed by atoms with Crippen molar-refractivity contribution in [3.05, 3.63) is 107 Å². The van der Waals surface area contributed by atoms with Gasteiger partial charge in [0.25, 0.3) is 0 Å². The van der Waals surface area contributed by atoms with Crippen LogP contribution < -0.4 is 4.74 Å². The number of benzene rings is 3. The molecule has 0 aliphatic carbocycles. The lowest BCUT2D eigenvalue weighted by Crippen LogP contribution is -2.23. The first-order valence-electron chi connectivity index (χ1n) is 8.05. The molecule has 25 heavy (non-hydrogen) atoms. The molecule has 3 aromatic rings. The van der Waals surface area contributed by atoms with Gasteiger partial charge in [-0.15, -0.1) is 0 Å². The average molecular weight is 330 g/mol. The number of carbonyl (C=O) groups is 1. The smallest absolute Gasteiger partial charge is 0.196 e. The summed E-state index contributed by atoms with van der Waals surface area (Å²) in [5.74, 6) is 0.132. The lowest BCUT2D eigenvalue weighted by atomic mass is 9.89. The summed E-state index contributed by atoms with van der Waals surface area (Å²) in [4.78, 5) is 13.0. The van der Waals surface area contributed by atoms with E-state index in [4.69, 9.17) is 4.74 Å². The summed E-state index contributed by atoms with van der Waals surface area (Å²) in [6, 6.07) is 22.9. The third-order valence-corrected chi connectivity index (χ3v) is 4.19. The first-order valence-corrected chi connectivity index (χ1v) is 8.05. The highest BCUT2D eigenvalue weighted by atomic mass is 19.1. The van der Waals surface area contributed by atoms with Crippen molar-refractivity contribution in [3.63, 3.8) is 0 Å². The van der Waals surface area contributed by atoms with Crippen LogP contribution in [0.1, 0.15) is 27.6 Å². The molecule has 4 rings (SSSR count). The summed E-state index contributed by atoms with van der Waals surface area (Å²) in [5.41, 5.74) is 2.54. The van der Waals surface area contributed by atoms with Crippen LogP contribution >= 0.6 is 0 Å². The maximum atomic E-state index is 13.5. The van der Waals surface area contributed by atoms with Crippen LogP contribution in [0, 0.1) is 5.82 Å². The molecule has 0 amide bonds. The maximum Gasteiger partial charge on any atom is 0.196 e. The van der Waals surface area contributed by atoms with Crippen molar-refractivity contribution in [1.82, 2.24) is 0 Å². The summed E-state index contributed by atoms with van der Waals surface area (Å²) >= 11 is 0. The van der Waals surface area contributed by atoms with E-state index in [2.05, 4.69) is 0 Å². The molecule has 2 nitrogen and oxygen atoms in total. The molecule has 3 aromatic carbocycles. The van der Waals surface area contributed by atoms with Crippen molar-refractivity contribution in [2.24, 2.45) is 0 Å². The zero-order valence-corrected chi connectivity index (χ0v) is 13.4. The van der Waals surface area contributed by atoms with Gasteiger partial charge in [0.1, 0.15) is 11.6 Å². The van der Waals surface area contributed by atoms with E-state index in [-0.39, 0.29) is 11.6 Å². The molecular weight excluding hydrogens is 315 g/mol. The van der Waals surface area contributed by atoms with Crippen LogP contribution in [0.4, 0.5) is 4.39 Å². The minimum atomic E-state index is -0.521. The number of Topliss-reactive ketones (excluding diaryl/α,β-unsaturated/α-hetero) is 1. The fourth-order valence-corrected chi connectivity index (χ4v) is 3.01. The Kier molecular flexibility index (Phi) is 3.90. The van der Waals surface area contributed by atoms with Gasteiger partial charge in [-0.3, -0.25) is 4.79 Å². The number of ketones is 1. The van der Waals surface area contributed by atoms with Crippen molar-refractivity contribution in [2.75, 3.05) is 0 Å². The number of carbonyl (C=O) groups excluding carboxylic acids is 1. The average Bonchev–Trinajstić information content (AvgIpc) is 2.65. The molecule has 1 atom stereocenters. The minimum absolute atomic E-state index is 0.0973. The van der Waals surface area contributed by atoms with Crippen molar-refractivity contribution < 1.29 is 13.9 Å². The highest BCUT2D eigenvalue weighted by Crippen LogP contribution is 2.39. The standard InChI is InChI=1S/C22H15FO2/c23-17-10-6-7-15(13-17)14-19-21(24)18-11-4-5-12-20(18)25-22(19)16-8-2-1-3-9-16/h1-14,22H/b19-14+. The molecule has 0 saturated carbocycles. The molecule has 1 heterocycles. The molecule has 0 spiro atoms. The molecule has 1 unspecified atom stereocenters. The Hall–Kier alpha value is -3.20. The number of hydrogen-bond acceptors (Lipinski definition) is 2. The van der Waals surface area contributed by atoms with Crippen LogP contribution in [0.15, 0.2) is 84.4 Å². The fourth-order valence-electron chi connectivity index (χ4n) is 3.01. The number of rotatable bonds is 2. The number of fused-ring (bicyclic) bond motifs is 1. The number of halogens is 1. The van der Waals surface area contributed by atoms with Gasteiger partial charge in [-0.2, -0.15) is 0 Å². The predicted molar refractivity (Wildman–Crippen MR) is 95.0 cm³/mol. The Morgan fingerprint density at radius 1 is 0.880 bits per heavy atom. The molecule has 122 valence electrons. The van der Waals surface area contributed by atoms with Gasteiger partial charge < -0.3 is 4.74 Å². The van der Waals surface area contributed by atoms with Gasteiger partial charge >= 0.3 is 0 Å². The van der Waals surface area contributed by atoms with Gasteiger partial charge in [-0.25, -0.2) is 4.39 Å². The van der Waals surface area contributed by atoms with Gasteiger partial charge in [0, 0.05) is 5.57 Å².